The van der Waals surface area contributed by atoms with Crippen LogP contribution in [0.2, 0.25) is 0 Å². The second-order valence-electron chi connectivity index (χ2n) is 3.90. The summed E-state index contributed by atoms with van der Waals surface area (Å²) in [6, 6.07) is 5.59. The average Bonchev–Trinajstić information content (AvgIpc) is 2.54. The fraction of sp³-hybridized carbons (Fsp3) is 0.333. The Hall–Kier alpha value is -1.64. The van der Waals surface area contributed by atoms with Crippen LogP contribution in [0.5, 0.6) is 0 Å². The molecule has 0 saturated carbocycles. The third-order valence-corrected chi connectivity index (χ3v) is 2.92. The maximum Gasteiger partial charge on any atom is 0.296 e. The molecule has 0 saturated heterocycles. The molecule has 3 heteroatoms. The van der Waals surface area contributed by atoms with Crippen molar-refractivity contribution < 1.29 is 9.59 Å². The van der Waals surface area contributed by atoms with E-state index in [2.05, 4.69) is 19.2 Å². The Bertz CT molecular complexity index is 437. The van der Waals surface area contributed by atoms with Crippen molar-refractivity contribution in [2.45, 2.75) is 26.2 Å². The molecule has 1 unspecified atom stereocenters. The summed E-state index contributed by atoms with van der Waals surface area (Å²) in [5.41, 5.74) is 2.26. The van der Waals surface area contributed by atoms with E-state index in [0.717, 1.165) is 12.0 Å². The standard InChI is InChI=1S/C12H13NO2/c1-3-7(2)8-4-5-10-9(6-8)11(14)12(15)13-10/h4-7H,3H2,1-2H3,(H,13,14,15). The molecule has 1 atom stereocenters. The van der Waals surface area contributed by atoms with Gasteiger partial charge >= 0.3 is 0 Å². The number of Topliss-reactive ketones (excluding diaryl/α,β-unsaturated/α-hetero) is 1. The molecular formula is C12H13NO2. The Morgan fingerprint density at radius 3 is 2.73 bits per heavy atom. The van der Waals surface area contributed by atoms with Gasteiger partial charge in [0.1, 0.15) is 0 Å². The lowest BCUT2D eigenvalue weighted by atomic mass is 9.96. The van der Waals surface area contributed by atoms with Crippen molar-refractivity contribution in [3.63, 3.8) is 0 Å². The van der Waals surface area contributed by atoms with Gasteiger partial charge in [-0.3, -0.25) is 9.59 Å². The Balaban J connectivity index is 2.44. The number of ketones is 1. The van der Waals surface area contributed by atoms with Crippen molar-refractivity contribution in [1.82, 2.24) is 0 Å². The molecule has 0 bridgehead atoms. The Morgan fingerprint density at radius 1 is 1.33 bits per heavy atom. The number of anilines is 1. The lowest BCUT2D eigenvalue weighted by molar-refractivity contribution is -0.112. The fourth-order valence-corrected chi connectivity index (χ4v) is 1.70. The summed E-state index contributed by atoms with van der Waals surface area (Å²) in [5, 5.41) is 2.54. The van der Waals surface area contributed by atoms with Crippen molar-refractivity contribution in [1.29, 1.82) is 0 Å². The van der Waals surface area contributed by atoms with Gasteiger partial charge in [0.25, 0.3) is 11.7 Å². The largest absolute Gasteiger partial charge is 0.318 e. The van der Waals surface area contributed by atoms with Gasteiger partial charge in [0.15, 0.2) is 0 Å². The zero-order valence-electron chi connectivity index (χ0n) is 8.83. The summed E-state index contributed by atoms with van der Waals surface area (Å²) >= 11 is 0. The SMILES string of the molecule is CCC(C)c1ccc2c(c1)C(=O)C(=O)N2. The highest BCUT2D eigenvalue weighted by molar-refractivity contribution is 6.51. The topological polar surface area (TPSA) is 46.2 Å². The average molecular weight is 203 g/mol. The van der Waals surface area contributed by atoms with Crippen LogP contribution in [-0.2, 0) is 4.79 Å². The van der Waals surface area contributed by atoms with E-state index < -0.39 is 11.7 Å². The molecule has 1 aliphatic rings. The van der Waals surface area contributed by atoms with Gasteiger partial charge in [-0.05, 0) is 30.0 Å². The fourth-order valence-electron chi connectivity index (χ4n) is 1.70. The summed E-state index contributed by atoms with van der Waals surface area (Å²) in [4.78, 5) is 22.6. The van der Waals surface area contributed by atoms with Crippen molar-refractivity contribution in [2.75, 3.05) is 5.32 Å². The van der Waals surface area contributed by atoms with Crippen LogP contribution >= 0.6 is 0 Å². The van der Waals surface area contributed by atoms with Gasteiger partial charge in [0, 0.05) is 0 Å². The molecule has 1 amide bonds. The van der Waals surface area contributed by atoms with Crippen LogP contribution in [0.25, 0.3) is 0 Å². The smallest absolute Gasteiger partial charge is 0.296 e. The van der Waals surface area contributed by atoms with Crippen LogP contribution in [-0.4, -0.2) is 11.7 Å². The van der Waals surface area contributed by atoms with Crippen molar-refractivity contribution in [2.24, 2.45) is 0 Å². The first-order valence-corrected chi connectivity index (χ1v) is 5.13. The minimum atomic E-state index is -0.522. The second-order valence-corrected chi connectivity index (χ2v) is 3.90. The predicted molar refractivity (Wildman–Crippen MR) is 58.1 cm³/mol. The van der Waals surface area contributed by atoms with Gasteiger partial charge in [-0.2, -0.15) is 0 Å². The first kappa shape index (κ1) is 9.90. The van der Waals surface area contributed by atoms with E-state index in [4.69, 9.17) is 0 Å². The highest BCUT2D eigenvalue weighted by atomic mass is 16.2. The predicted octanol–water partition coefficient (Wildman–Crippen LogP) is 2.33. The highest BCUT2D eigenvalue weighted by Gasteiger charge is 2.28. The van der Waals surface area contributed by atoms with E-state index >= 15 is 0 Å². The number of carbonyl (C=O) groups excluding carboxylic acids is 2. The van der Waals surface area contributed by atoms with E-state index in [9.17, 15) is 9.59 Å². The van der Waals surface area contributed by atoms with Gasteiger partial charge in [0.2, 0.25) is 0 Å². The van der Waals surface area contributed by atoms with E-state index in [0.29, 0.717) is 17.2 Å². The summed E-state index contributed by atoms with van der Waals surface area (Å²) in [7, 11) is 0. The quantitative estimate of drug-likeness (QED) is 0.750. The molecule has 1 heterocycles. The van der Waals surface area contributed by atoms with Crippen LogP contribution < -0.4 is 5.32 Å². The van der Waals surface area contributed by atoms with E-state index in [1.54, 1.807) is 6.07 Å². The molecule has 15 heavy (non-hydrogen) atoms. The number of carbonyl (C=O) groups is 2. The lowest BCUT2D eigenvalue weighted by Crippen LogP contribution is -2.12. The molecule has 1 aliphatic heterocycles. The number of nitrogens with one attached hydrogen (secondary N) is 1. The molecule has 1 aromatic carbocycles. The van der Waals surface area contributed by atoms with Crippen LogP contribution in [0.3, 0.4) is 0 Å². The zero-order chi connectivity index (χ0) is 11.0. The first-order chi connectivity index (χ1) is 7.13. The van der Waals surface area contributed by atoms with Gasteiger partial charge in [-0.1, -0.05) is 19.9 Å². The van der Waals surface area contributed by atoms with Crippen molar-refractivity contribution in [3.8, 4) is 0 Å². The summed E-state index contributed by atoms with van der Waals surface area (Å²) < 4.78 is 0. The lowest BCUT2D eigenvalue weighted by Gasteiger charge is -2.09. The van der Waals surface area contributed by atoms with Gasteiger partial charge < -0.3 is 5.32 Å². The van der Waals surface area contributed by atoms with Crippen LogP contribution in [0.15, 0.2) is 18.2 Å². The van der Waals surface area contributed by atoms with Crippen molar-refractivity contribution >= 4 is 17.4 Å². The number of hydrogen-bond acceptors (Lipinski definition) is 2. The van der Waals surface area contributed by atoms with Gasteiger partial charge in [0.05, 0.1) is 11.3 Å². The maximum absolute atomic E-state index is 11.4. The summed E-state index contributed by atoms with van der Waals surface area (Å²) in [6.45, 7) is 4.21. The number of benzene rings is 1. The molecule has 3 nitrogen and oxygen atoms in total. The molecule has 0 aromatic heterocycles. The minimum Gasteiger partial charge on any atom is -0.318 e. The first-order valence-electron chi connectivity index (χ1n) is 5.13. The number of amides is 1. The van der Waals surface area contributed by atoms with E-state index in [-0.39, 0.29) is 0 Å². The third-order valence-electron chi connectivity index (χ3n) is 2.92. The zero-order valence-corrected chi connectivity index (χ0v) is 8.83. The van der Waals surface area contributed by atoms with E-state index in [1.807, 2.05) is 12.1 Å². The molecule has 0 aliphatic carbocycles. The minimum absolute atomic E-state index is 0.416. The molecule has 0 spiro atoms. The Kier molecular flexibility index (Phi) is 2.31. The number of rotatable bonds is 2. The monoisotopic (exact) mass is 203 g/mol. The maximum atomic E-state index is 11.4. The van der Waals surface area contributed by atoms with Crippen molar-refractivity contribution in [3.05, 3.63) is 29.3 Å². The molecule has 1 N–H and O–H groups in total. The second kappa shape index (κ2) is 3.50. The van der Waals surface area contributed by atoms with Crippen LogP contribution in [0.1, 0.15) is 42.1 Å². The van der Waals surface area contributed by atoms with E-state index in [1.165, 1.54) is 0 Å². The summed E-state index contributed by atoms with van der Waals surface area (Å²) in [5.74, 6) is -0.528. The molecule has 2 rings (SSSR count). The van der Waals surface area contributed by atoms with Crippen LogP contribution in [0.4, 0.5) is 5.69 Å². The van der Waals surface area contributed by atoms with Gasteiger partial charge in [-0.15, -0.1) is 0 Å². The molecule has 0 fully saturated rings. The molecule has 78 valence electrons. The Labute approximate surface area is 88.5 Å². The Morgan fingerprint density at radius 2 is 2.07 bits per heavy atom. The highest BCUT2D eigenvalue weighted by Crippen LogP contribution is 2.28. The summed E-state index contributed by atoms with van der Waals surface area (Å²) in [6.07, 6.45) is 1.02. The molecule has 1 aromatic rings. The number of hydrogen-bond donors (Lipinski definition) is 1. The molecule has 0 radical (unpaired) electrons. The van der Waals surface area contributed by atoms with Gasteiger partial charge in [-0.25, -0.2) is 0 Å². The normalized spacial score (nSPS) is 16.1. The molecular weight excluding hydrogens is 190 g/mol. The van der Waals surface area contributed by atoms with Crippen LogP contribution in [0, 0.1) is 0 Å². The third kappa shape index (κ3) is 1.54. The number of fused-ring (bicyclic) bond motifs is 1.